The van der Waals surface area contributed by atoms with E-state index in [0.29, 0.717) is 24.9 Å². The van der Waals surface area contributed by atoms with Gasteiger partial charge in [-0.3, -0.25) is 4.79 Å². The molecule has 3 heteroatoms. The quantitative estimate of drug-likeness (QED) is 0.615. The number of ether oxygens (including phenoxy) is 1. The standard InChI is InChI=1S/C17H24O3/c18-11-9-14-1-5-16(6-2-14)17-7-3-15(4-8-17)10-12-20-13-19/h1-2,5-6,13,15,17-18H,3-4,7-12H2. The molecule has 0 atom stereocenters. The second-order valence-electron chi connectivity index (χ2n) is 5.69. The van der Waals surface area contributed by atoms with E-state index in [9.17, 15) is 4.79 Å². The highest BCUT2D eigenvalue weighted by molar-refractivity contribution is 5.36. The van der Waals surface area contributed by atoms with Gasteiger partial charge >= 0.3 is 0 Å². The molecule has 110 valence electrons. The summed E-state index contributed by atoms with van der Waals surface area (Å²) in [4.78, 5) is 10.1. The predicted molar refractivity (Wildman–Crippen MR) is 78.6 cm³/mol. The molecule has 1 aromatic rings. The summed E-state index contributed by atoms with van der Waals surface area (Å²) < 4.78 is 4.78. The van der Waals surface area contributed by atoms with Crippen LogP contribution in [0.2, 0.25) is 0 Å². The van der Waals surface area contributed by atoms with Crippen LogP contribution in [-0.4, -0.2) is 24.8 Å². The fourth-order valence-electron chi connectivity index (χ4n) is 3.15. The smallest absolute Gasteiger partial charge is 0.293 e. The minimum absolute atomic E-state index is 0.216. The Hall–Kier alpha value is -1.35. The van der Waals surface area contributed by atoms with Gasteiger partial charge in [-0.25, -0.2) is 0 Å². The van der Waals surface area contributed by atoms with Crippen molar-refractivity contribution in [3.63, 3.8) is 0 Å². The Kier molecular flexibility index (Phi) is 6.06. The molecule has 3 nitrogen and oxygen atoms in total. The number of aliphatic hydroxyl groups excluding tert-OH is 1. The number of aliphatic hydroxyl groups is 1. The molecule has 1 aromatic carbocycles. The molecule has 20 heavy (non-hydrogen) atoms. The van der Waals surface area contributed by atoms with Gasteiger partial charge in [0, 0.05) is 6.61 Å². The van der Waals surface area contributed by atoms with Gasteiger partial charge in [0.05, 0.1) is 6.61 Å². The van der Waals surface area contributed by atoms with Crippen molar-refractivity contribution in [1.29, 1.82) is 0 Å². The summed E-state index contributed by atoms with van der Waals surface area (Å²) in [5.74, 6) is 1.38. The topological polar surface area (TPSA) is 46.5 Å². The molecule has 0 aliphatic heterocycles. The third-order valence-corrected chi connectivity index (χ3v) is 4.41. The lowest BCUT2D eigenvalue weighted by Gasteiger charge is -2.28. The van der Waals surface area contributed by atoms with Crippen LogP contribution in [0.4, 0.5) is 0 Å². The first kappa shape index (κ1) is 15.0. The molecule has 1 aliphatic carbocycles. The van der Waals surface area contributed by atoms with E-state index < -0.39 is 0 Å². The van der Waals surface area contributed by atoms with Gasteiger partial charge in [-0.2, -0.15) is 0 Å². The Morgan fingerprint density at radius 1 is 1.15 bits per heavy atom. The summed E-state index contributed by atoms with van der Waals surface area (Å²) in [5.41, 5.74) is 2.63. The first-order valence-electron chi connectivity index (χ1n) is 7.58. The summed E-state index contributed by atoms with van der Waals surface area (Å²) in [5, 5.41) is 8.92. The van der Waals surface area contributed by atoms with Crippen LogP contribution in [0.5, 0.6) is 0 Å². The van der Waals surface area contributed by atoms with Crippen LogP contribution in [0, 0.1) is 5.92 Å². The molecule has 0 heterocycles. The van der Waals surface area contributed by atoms with E-state index in [1.807, 2.05) is 0 Å². The first-order chi connectivity index (χ1) is 9.83. The molecule has 0 spiro atoms. The van der Waals surface area contributed by atoms with Crippen molar-refractivity contribution in [1.82, 2.24) is 0 Å². The Labute approximate surface area is 121 Å². The number of carbonyl (C=O) groups is 1. The maximum atomic E-state index is 10.1. The third-order valence-electron chi connectivity index (χ3n) is 4.41. The maximum absolute atomic E-state index is 10.1. The molecular formula is C17H24O3. The van der Waals surface area contributed by atoms with E-state index in [-0.39, 0.29) is 6.61 Å². The Balaban J connectivity index is 1.79. The van der Waals surface area contributed by atoms with Gasteiger partial charge in [0.1, 0.15) is 0 Å². The lowest BCUT2D eigenvalue weighted by Crippen LogP contribution is -2.15. The summed E-state index contributed by atoms with van der Waals surface area (Å²) in [6.45, 7) is 1.32. The van der Waals surface area contributed by atoms with Crippen molar-refractivity contribution >= 4 is 6.47 Å². The Morgan fingerprint density at radius 3 is 2.45 bits per heavy atom. The average molecular weight is 276 g/mol. The number of carbonyl (C=O) groups excluding carboxylic acids is 1. The molecule has 1 saturated carbocycles. The molecule has 0 saturated heterocycles. The molecule has 0 bridgehead atoms. The number of rotatable bonds is 7. The third kappa shape index (κ3) is 4.34. The zero-order chi connectivity index (χ0) is 14.2. The SMILES string of the molecule is O=COCCC1CCC(c2ccc(CCO)cc2)CC1. The van der Waals surface area contributed by atoms with Gasteiger partial charge in [-0.1, -0.05) is 24.3 Å². The largest absolute Gasteiger partial charge is 0.468 e. The lowest BCUT2D eigenvalue weighted by molar-refractivity contribution is -0.129. The predicted octanol–water partition coefficient (Wildman–Crippen LogP) is 3.06. The monoisotopic (exact) mass is 276 g/mol. The van der Waals surface area contributed by atoms with Crippen molar-refractivity contribution in [3.05, 3.63) is 35.4 Å². The van der Waals surface area contributed by atoms with Gasteiger partial charge in [0.25, 0.3) is 6.47 Å². The van der Waals surface area contributed by atoms with Crippen LogP contribution in [0.1, 0.15) is 49.1 Å². The first-order valence-corrected chi connectivity index (χ1v) is 7.58. The second kappa shape index (κ2) is 8.05. The van der Waals surface area contributed by atoms with Gasteiger partial charge in [-0.15, -0.1) is 0 Å². The van der Waals surface area contributed by atoms with Crippen molar-refractivity contribution in [2.75, 3.05) is 13.2 Å². The molecule has 1 N–H and O–H groups in total. The summed E-state index contributed by atoms with van der Waals surface area (Å²) in [6, 6.07) is 8.70. The second-order valence-corrected chi connectivity index (χ2v) is 5.69. The van der Waals surface area contributed by atoms with Crippen molar-refractivity contribution in [3.8, 4) is 0 Å². The van der Waals surface area contributed by atoms with E-state index in [0.717, 1.165) is 12.8 Å². The van der Waals surface area contributed by atoms with E-state index in [1.165, 1.54) is 36.8 Å². The molecule has 1 fully saturated rings. The van der Waals surface area contributed by atoms with Crippen LogP contribution >= 0.6 is 0 Å². The molecule has 0 radical (unpaired) electrons. The molecule has 0 amide bonds. The van der Waals surface area contributed by atoms with E-state index >= 15 is 0 Å². The van der Waals surface area contributed by atoms with Crippen molar-refractivity contribution in [2.24, 2.45) is 5.92 Å². The fraction of sp³-hybridized carbons (Fsp3) is 0.588. The van der Waals surface area contributed by atoms with E-state index in [4.69, 9.17) is 9.84 Å². The summed E-state index contributed by atoms with van der Waals surface area (Å²) in [6.07, 6.45) is 6.65. The van der Waals surface area contributed by atoms with Crippen molar-refractivity contribution < 1.29 is 14.6 Å². The zero-order valence-corrected chi connectivity index (χ0v) is 12.0. The van der Waals surface area contributed by atoms with Crippen LogP contribution in [-0.2, 0) is 16.0 Å². The van der Waals surface area contributed by atoms with Crippen LogP contribution in [0.15, 0.2) is 24.3 Å². The highest BCUT2D eigenvalue weighted by Gasteiger charge is 2.22. The minimum atomic E-state index is 0.216. The normalized spacial score (nSPS) is 22.4. The fourth-order valence-corrected chi connectivity index (χ4v) is 3.15. The van der Waals surface area contributed by atoms with Crippen LogP contribution < -0.4 is 0 Å². The van der Waals surface area contributed by atoms with Gasteiger partial charge in [0.2, 0.25) is 0 Å². The van der Waals surface area contributed by atoms with E-state index in [2.05, 4.69) is 24.3 Å². The van der Waals surface area contributed by atoms with Gasteiger partial charge < -0.3 is 9.84 Å². The Morgan fingerprint density at radius 2 is 1.85 bits per heavy atom. The highest BCUT2D eigenvalue weighted by atomic mass is 16.5. The molecule has 0 unspecified atom stereocenters. The molecule has 2 rings (SSSR count). The summed E-state index contributed by atoms with van der Waals surface area (Å²) >= 11 is 0. The van der Waals surface area contributed by atoms with E-state index in [1.54, 1.807) is 0 Å². The molecule has 1 aliphatic rings. The van der Waals surface area contributed by atoms with Crippen LogP contribution in [0.3, 0.4) is 0 Å². The molecular weight excluding hydrogens is 252 g/mol. The number of hydrogen-bond acceptors (Lipinski definition) is 3. The zero-order valence-electron chi connectivity index (χ0n) is 12.0. The van der Waals surface area contributed by atoms with Gasteiger partial charge in [0.15, 0.2) is 0 Å². The lowest BCUT2D eigenvalue weighted by atomic mass is 9.77. The highest BCUT2D eigenvalue weighted by Crippen LogP contribution is 2.37. The van der Waals surface area contributed by atoms with Crippen LogP contribution in [0.25, 0.3) is 0 Å². The minimum Gasteiger partial charge on any atom is -0.468 e. The van der Waals surface area contributed by atoms with Gasteiger partial charge in [-0.05, 0) is 61.5 Å². The summed E-state index contributed by atoms with van der Waals surface area (Å²) in [7, 11) is 0. The number of benzene rings is 1. The Bertz CT molecular complexity index is 391. The average Bonchev–Trinajstić information content (AvgIpc) is 2.49. The maximum Gasteiger partial charge on any atom is 0.293 e. The molecule has 0 aromatic heterocycles. The number of hydrogen-bond donors (Lipinski definition) is 1. The van der Waals surface area contributed by atoms with Crippen molar-refractivity contribution in [2.45, 2.75) is 44.4 Å².